The first-order valence-electron chi connectivity index (χ1n) is 11.3. The van der Waals surface area contributed by atoms with Gasteiger partial charge in [-0.2, -0.15) is 18.3 Å². The Labute approximate surface area is 215 Å². The zero-order valence-electron chi connectivity index (χ0n) is 19.8. The molecule has 0 fully saturated rings. The maximum absolute atomic E-state index is 14.1. The van der Waals surface area contributed by atoms with Crippen molar-refractivity contribution in [1.82, 2.24) is 14.8 Å². The molecule has 0 atom stereocenters. The highest BCUT2D eigenvalue weighted by Gasteiger charge is 2.35. The SMILES string of the molecule is Cc1ccc(-n2nc(C)c3c(C(F)(F)F)cc(-c4ccc(OCc5c(F)cccc5Cl)cc4)nc32)cc1. The fourth-order valence-electron chi connectivity index (χ4n) is 4.07. The van der Waals surface area contributed by atoms with E-state index in [0.717, 1.165) is 11.6 Å². The lowest BCUT2D eigenvalue weighted by Gasteiger charge is -2.13. The molecule has 0 saturated carbocycles. The van der Waals surface area contributed by atoms with E-state index in [4.69, 9.17) is 16.3 Å². The number of ether oxygens (including phenoxy) is 1. The van der Waals surface area contributed by atoms with Gasteiger partial charge in [0.25, 0.3) is 0 Å². The van der Waals surface area contributed by atoms with Gasteiger partial charge in [-0.3, -0.25) is 0 Å². The second-order valence-corrected chi connectivity index (χ2v) is 9.00. The van der Waals surface area contributed by atoms with E-state index in [1.807, 2.05) is 19.1 Å². The molecule has 0 unspecified atom stereocenters. The van der Waals surface area contributed by atoms with Crippen LogP contribution in [-0.4, -0.2) is 14.8 Å². The molecule has 9 heteroatoms. The number of rotatable bonds is 5. The van der Waals surface area contributed by atoms with Crippen molar-refractivity contribution in [2.24, 2.45) is 0 Å². The first-order valence-corrected chi connectivity index (χ1v) is 11.7. The summed E-state index contributed by atoms with van der Waals surface area (Å²) >= 11 is 6.04. The molecule has 0 bridgehead atoms. The van der Waals surface area contributed by atoms with Crippen LogP contribution >= 0.6 is 11.6 Å². The molecule has 0 aliphatic rings. The van der Waals surface area contributed by atoms with Crippen LogP contribution in [0.15, 0.2) is 72.8 Å². The Bertz CT molecular complexity index is 1570. The number of hydrogen-bond acceptors (Lipinski definition) is 3. The molecule has 0 N–H and O–H groups in total. The van der Waals surface area contributed by atoms with Crippen LogP contribution in [0.3, 0.4) is 0 Å². The number of nitrogens with zero attached hydrogens (tertiary/aromatic N) is 3. The number of hydrogen-bond donors (Lipinski definition) is 0. The predicted molar refractivity (Wildman–Crippen MR) is 135 cm³/mol. The number of pyridine rings is 1. The first-order chi connectivity index (χ1) is 17.6. The highest BCUT2D eigenvalue weighted by atomic mass is 35.5. The summed E-state index contributed by atoms with van der Waals surface area (Å²) in [6.07, 6.45) is -4.61. The van der Waals surface area contributed by atoms with Crippen molar-refractivity contribution in [2.75, 3.05) is 0 Å². The molecule has 3 aromatic carbocycles. The normalized spacial score (nSPS) is 11.8. The van der Waals surface area contributed by atoms with E-state index in [2.05, 4.69) is 10.1 Å². The van der Waals surface area contributed by atoms with Gasteiger partial charge in [0.05, 0.1) is 33.0 Å². The fourth-order valence-corrected chi connectivity index (χ4v) is 4.29. The van der Waals surface area contributed by atoms with Crippen LogP contribution in [0.2, 0.25) is 5.02 Å². The van der Waals surface area contributed by atoms with Crippen molar-refractivity contribution in [3.8, 4) is 22.7 Å². The molecule has 0 spiro atoms. The number of aryl methyl sites for hydroxylation is 2. The van der Waals surface area contributed by atoms with Crippen molar-refractivity contribution in [3.63, 3.8) is 0 Å². The molecule has 5 rings (SSSR count). The number of halogens is 5. The van der Waals surface area contributed by atoms with Crippen LogP contribution in [0.4, 0.5) is 17.6 Å². The average molecular weight is 526 g/mol. The minimum Gasteiger partial charge on any atom is -0.489 e. The second kappa shape index (κ2) is 9.52. The van der Waals surface area contributed by atoms with E-state index in [0.29, 0.717) is 17.0 Å². The summed E-state index contributed by atoms with van der Waals surface area (Å²) in [4.78, 5) is 4.58. The molecular weight excluding hydrogens is 506 g/mol. The third-order valence-corrected chi connectivity index (χ3v) is 6.35. The predicted octanol–water partition coefficient (Wildman–Crippen LogP) is 8.09. The summed E-state index contributed by atoms with van der Waals surface area (Å²) in [7, 11) is 0. The zero-order chi connectivity index (χ0) is 26.3. The number of alkyl halides is 3. The summed E-state index contributed by atoms with van der Waals surface area (Å²) in [5, 5.41) is 4.57. The summed E-state index contributed by atoms with van der Waals surface area (Å²) < 4.78 is 63.4. The van der Waals surface area contributed by atoms with Crippen LogP contribution in [0.5, 0.6) is 5.75 Å². The van der Waals surface area contributed by atoms with Gasteiger partial charge in [-0.25, -0.2) is 14.1 Å². The Hall–Kier alpha value is -3.91. The van der Waals surface area contributed by atoms with Crippen LogP contribution in [0, 0.1) is 19.7 Å². The molecule has 4 nitrogen and oxygen atoms in total. The van der Waals surface area contributed by atoms with Gasteiger partial charge in [-0.1, -0.05) is 35.4 Å². The smallest absolute Gasteiger partial charge is 0.417 e. The van der Waals surface area contributed by atoms with Crippen LogP contribution in [0.25, 0.3) is 28.0 Å². The molecule has 0 aliphatic heterocycles. The van der Waals surface area contributed by atoms with E-state index in [9.17, 15) is 17.6 Å². The Morgan fingerprint density at radius 3 is 2.30 bits per heavy atom. The summed E-state index contributed by atoms with van der Waals surface area (Å²) in [5.41, 5.74) is 1.97. The van der Waals surface area contributed by atoms with E-state index in [-0.39, 0.29) is 39.6 Å². The van der Waals surface area contributed by atoms with E-state index < -0.39 is 17.6 Å². The molecule has 0 aliphatic carbocycles. The summed E-state index contributed by atoms with van der Waals surface area (Å²) in [5.74, 6) is -0.0810. The standard InChI is InChI=1S/C28H20ClF4N3O/c1-16-6-10-19(11-7-16)36-27-26(17(2)35-36)22(28(31,32)33)14-25(34-27)18-8-12-20(13-9-18)37-15-21-23(29)4-3-5-24(21)30/h3-14H,15H2,1-2H3. The molecule has 0 amide bonds. The van der Waals surface area contributed by atoms with Crippen LogP contribution in [-0.2, 0) is 12.8 Å². The van der Waals surface area contributed by atoms with Gasteiger partial charge in [-0.05, 0) is 68.4 Å². The molecule has 188 valence electrons. The first kappa shape index (κ1) is 24.8. The minimum atomic E-state index is -4.61. The molecular formula is C28H20ClF4N3O. The summed E-state index contributed by atoms with van der Waals surface area (Å²) in [6.45, 7) is 3.37. The highest BCUT2D eigenvalue weighted by Crippen LogP contribution is 2.39. The number of aromatic nitrogens is 3. The van der Waals surface area contributed by atoms with Crippen molar-refractivity contribution >= 4 is 22.6 Å². The largest absolute Gasteiger partial charge is 0.489 e. The summed E-state index contributed by atoms with van der Waals surface area (Å²) in [6, 6.07) is 19.1. The molecule has 2 heterocycles. The van der Waals surface area contributed by atoms with E-state index in [1.165, 1.54) is 23.7 Å². The van der Waals surface area contributed by atoms with Gasteiger partial charge in [0, 0.05) is 11.1 Å². The van der Waals surface area contributed by atoms with Crippen LogP contribution < -0.4 is 4.74 Å². The lowest BCUT2D eigenvalue weighted by atomic mass is 10.0. The number of fused-ring (bicyclic) bond motifs is 1. The fraction of sp³-hybridized carbons (Fsp3) is 0.143. The topological polar surface area (TPSA) is 39.9 Å². The molecule has 37 heavy (non-hydrogen) atoms. The minimum absolute atomic E-state index is 0.0430. The maximum atomic E-state index is 14.1. The molecule has 5 aromatic rings. The Morgan fingerprint density at radius 1 is 0.946 bits per heavy atom. The van der Waals surface area contributed by atoms with Gasteiger partial charge in [-0.15, -0.1) is 0 Å². The van der Waals surface area contributed by atoms with Gasteiger partial charge in [0.1, 0.15) is 18.2 Å². The van der Waals surface area contributed by atoms with Crippen molar-refractivity contribution in [1.29, 1.82) is 0 Å². The van der Waals surface area contributed by atoms with Crippen molar-refractivity contribution < 1.29 is 22.3 Å². The average Bonchev–Trinajstić information content (AvgIpc) is 3.19. The molecule has 2 aromatic heterocycles. The molecule has 0 saturated heterocycles. The van der Waals surface area contributed by atoms with Crippen LogP contribution in [0.1, 0.15) is 22.4 Å². The van der Waals surface area contributed by atoms with Crippen molar-refractivity contribution in [2.45, 2.75) is 26.6 Å². The quantitative estimate of drug-likeness (QED) is 0.218. The number of benzene rings is 3. The van der Waals surface area contributed by atoms with Crippen molar-refractivity contribution in [3.05, 3.63) is 106 Å². The molecule has 0 radical (unpaired) electrons. The lowest BCUT2D eigenvalue weighted by Crippen LogP contribution is -2.08. The Balaban J connectivity index is 1.54. The Morgan fingerprint density at radius 2 is 1.65 bits per heavy atom. The van der Waals surface area contributed by atoms with Gasteiger partial charge in [0.15, 0.2) is 5.65 Å². The second-order valence-electron chi connectivity index (χ2n) is 8.60. The van der Waals surface area contributed by atoms with Gasteiger partial charge in [0.2, 0.25) is 0 Å². The van der Waals surface area contributed by atoms with E-state index in [1.54, 1.807) is 42.5 Å². The maximum Gasteiger partial charge on any atom is 0.417 e. The van der Waals surface area contributed by atoms with E-state index >= 15 is 0 Å². The lowest BCUT2D eigenvalue weighted by molar-refractivity contribution is -0.136. The Kier molecular flexibility index (Phi) is 6.37. The van der Waals surface area contributed by atoms with Gasteiger partial charge < -0.3 is 4.74 Å². The highest BCUT2D eigenvalue weighted by molar-refractivity contribution is 6.31. The monoisotopic (exact) mass is 525 g/mol. The zero-order valence-corrected chi connectivity index (χ0v) is 20.5. The third-order valence-electron chi connectivity index (χ3n) is 5.99. The third kappa shape index (κ3) is 4.89. The van der Waals surface area contributed by atoms with Gasteiger partial charge >= 0.3 is 6.18 Å².